The minimum atomic E-state index is -1.14. The summed E-state index contributed by atoms with van der Waals surface area (Å²) in [5, 5.41) is 11.3. The topological polar surface area (TPSA) is 125 Å². The summed E-state index contributed by atoms with van der Waals surface area (Å²) in [6.45, 7) is 3.14. The lowest BCUT2D eigenvalue weighted by molar-refractivity contribution is -0.139. The van der Waals surface area contributed by atoms with Gasteiger partial charge in [-0.15, -0.1) is 0 Å². The number of aromatic nitrogens is 2. The second-order valence-electron chi connectivity index (χ2n) is 4.22. The Morgan fingerprint density at radius 2 is 2.25 bits per heavy atom. The van der Waals surface area contributed by atoms with Crippen molar-refractivity contribution in [2.45, 2.75) is 26.3 Å². The minimum absolute atomic E-state index is 0.00838. The van der Waals surface area contributed by atoms with Gasteiger partial charge in [0.1, 0.15) is 17.2 Å². The van der Waals surface area contributed by atoms with Crippen molar-refractivity contribution >= 4 is 23.0 Å². The molecule has 2 aromatic rings. The number of H-pyrrole nitrogens is 1. The number of carboxylic acids is 1. The molecule has 1 unspecified atom stereocenters. The average Bonchev–Trinajstić information content (AvgIpc) is 2.73. The van der Waals surface area contributed by atoms with Gasteiger partial charge in [-0.3, -0.25) is 9.59 Å². The molecule has 8 nitrogen and oxygen atoms in total. The van der Waals surface area contributed by atoms with E-state index in [-0.39, 0.29) is 28.8 Å². The Hall–Kier alpha value is -2.64. The summed E-state index contributed by atoms with van der Waals surface area (Å²) < 4.78 is 5.24. The van der Waals surface area contributed by atoms with Crippen LogP contribution in [0.4, 0.5) is 0 Å². The van der Waals surface area contributed by atoms with E-state index in [1.54, 1.807) is 6.92 Å². The van der Waals surface area contributed by atoms with Gasteiger partial charge in [-0.25, -0.2) is 9.78 Å². The molecule has 0 aliphatic carbocycles. The maximum Gasteiger partial charge on any atom is 0.326 e. The molecule has 3 N–H and O–H groups in total. The van der Waals surface area contributed by atoms with Crippen molar-refractivity contribution in [3.8, 4) is 0 Å². The molecule has 106 valence electrons. The number of nitrogens with one attached hydrogen (secondary N) is 2. The van der Waals surface area contributed by atoms with Gasteiger partial charge in [0.05, 0.1) is 11.9 Å². The summed E-state index contributed by atoms with van der Waals surface area (Å²) in [5.74, 6) is -1.60. The van der Waals surface area contributed by atoms with E-state index in [4.69, 9.17) is 9.52 Å². The fourth-order valence-electron chi connectivity index (χ4n) is 1.90. The second kappa shape index (κ2) is 5.16. The maximum atomic E-state index is 12.2. The van der Waals surface area contributed by atoms with Crippen LogP contribution in [0.3, 0.4) is 0 Å². The van der Waals surface area contributed by atoms with E-state index in [1.165, 1.54) is 13.3 Å². The number of fused-ring (bicyclic) bond motifs is 1. The van der Waals surface area contributed by atoms with Gasteiger partial charge in [0.2, 0.25) is 5.71 Å². The summed E-state index contributed by atoms with van der Waals surface area (Å²) >= 11 is 0. The van der Waals surface area contributed by atoms with Gasteiger partial charge in [0.15, 0.2) is 0 Å². The largest absolute Gasteiger partial charge is 0.480 e. The molecule has 0 fully saturated rings. The molecule has 0 bridgehead atoms. The summed E-state index contributed by atoms with van der Waals surface area (Å²) in [4.78, 5) is 41.0. The lowest BCUT2D eigenvalue weighted by atomic mass is 10.1. The first-order valence-electron chi connectivity index (χ1n) is 5.96. The van der Waals surface area contributed by atoms with E-state index in [2.05, 4.69) is 15.3 Å². The first-order chi connectivity index (χ1) is 9.45. The molecule has 0 saturated heterocycles. The standard InChI is InChI=1S/C12H13N3O5/c1-3-6(12(18)19)15-10(17)7-5(2)20-11-8(7)9(16)13-4-14-11/h4,6H,3H2,1-2H3,(H,15,17)(H,18,19)(H,13,14,16). The van der Waals surface area contributed by atoms with Gasteiger partial charge in [0.25, 0.3) is 11.5 Å². The predicted octanol–water partition coefficient (Wildman–Crippen LogP) is 0.418. The molecular weight excluding hydrogens is 266 g/mol. The van der Waals surface area contributed by atoms with Crippen LogP contribution in [-0.2, 0) is 4.79 Å². The van der Waals surface area contributed by atoms with Crippen LogP contribution in [0, 0.1) is 6.92 Å². The Bertz CT molecular complexity index is 730. The zero-order valence-corrected chi connectivity index (χ0v) is 10.9. The molecule has 0 aliphatic heterocycles. The van der Waals surface area contributed by atoms with Gasteiger partial charge >= 0.3 is 5.97 Å². The molecule has 0 aromatic carbocycles. The van der Waals surface area contributed by atoms with Gasteiger partial charge in [-0.2, -0.15) is 0 Å². The molecular formula is C12H13N3O5. The summed E-state index contributed by atoms with van der Waals surface area (Å²) in [6.07, 6.45) is 1.39. The molecule has 0 saturated carbocycles. The summed E-state index contributed by atoms with van der Waals surface area (Å²) in [5.41, 5.74) is -0.464. The van der Waals surface area contributed by atoms with Crippen molar-refractivity contribution in [2.75, 3.05) is 0 Å². The van der Waals surface area contributed by atoms with E-state index in [1.807, 2.05) is 0 Å². The first-order valence-corrected chi connectivity index (χ1v) is 5.96. The van der Waals surface area contributed by atoms with Crippen LogP contribution < -0.4 is 10.9 Å². The highest BCUT2D eigenvalue weighted by Crippen LogP contribution is 2.20. The Morgan fingerprint density at radius 3 is 2.85 bits per heavy atom. The predicted molar refractivity (Wildman–Crippen MR) is 68.5 cm³/mol. The number of furan rings is 1. The molecule has 0 radical (unpaired) electrons. The highest BCUT2D eigenvalue weighted by molar-refractivity contribution is 6.07. The van der Waals surface area contributed by atoms with Crippen LogP contribution in [0.25, 0.3) is 11.1 Å². The third-order valence-electron chi connectivity index (χ3n) is 2.91. The third-order valence-corrected chi connectivity index (χ3v) is 2.91. The maximum absolute atomic E-state index is 12.2. The lowest BCUT2D eigenvalue weighted by Gasteiger charge is -2.11. The second-order valence-corrected chi connectivity index (χ2v) is 4.22. The number of hydrogen-bond donors (Lipinski definition) is 3. The van der Waals surface area contributed by atoms with Crippen molar-refractivity contribution in [3.05, 3.63) is 28.0 Å². The summed E-state index contributed by atoms with van der Waals surface area (Å²) in [7, 11) is 0. The molecule has 2 aromatic heterocycles. The number of amides is 1. The number of aryl methyl sites for hydroxylation is 1. The van der Waals surface area contributed by atoms with Crippen molar-refractivity contribution in [1.29, 1.82) is 0 Å². The lowest BCUT2D eigenvalue weighted by Crippen LogP contribution is -2.40. The third kappa shape index (κ3) is 2.27. The Labute approximate surface area is 112 Å². The number of carbonyl (C=O) groups excluding carboxylic acids is 1. The van der Waals surface area contributed by atoms with Gasteiger partial charge in [0, 0.05) is 0 Å². The van der Waals surface area contributed by atoms with Crippen LogP contribution in [0.5, 0.6) is 0 Å². The highest BCUT2D eigenvalue weighted by Gasteiger charge is 2.25. The van der Waals surface area contributed by atoms with Crippen molar-refractivity contribution in [3.63, 3.8) is 0 Å². The number of aliphatic carboxylic acids is 1. The van der Waals surface area contributed by atoms with Gasteiger partial charge in [-0.1, -0.05) is 6.92 Å². The molecule has 20 heavy (non-hydrogen) atoms. The molecule has 8 heteroatoms. The number of carboxylic acid groups (broad SMARTS) is 1. The molecule has 0 spiro atoms. The Balaban J connectivity index is 2.47. The SMILES string of the molecule is CCC(NC(=O)c1c(C)oc2nc[nH]c(=O)c12)C(=O)O. The molecule has 1 atom stereocenters. The number of hydrogen-bond acceptors (Lipinski definition) is 5. The summed E-state index contributed by atoms with van der Waals surface area (Å²) in [6, 6.07) is -1.03. The number of nitrogens with zero attached hydrogens (tertiary/aromatic N) is 1. The fourth-order valence-corrected chi connectivity index (χ4v) is 1.90. The first kappa shape index (κ1) is 13.8. The monoisotopic (exact) mass is 279 g/mol. The van der Waals surface area contributed by atoms with Crippen molar-refractivity contribution < 1.29 is 19.1 Å². The smallest absolute Gasteiger partial charge is 0.326 e. The van der Waals surface area contributed by atoms with Crippen LogP contribution in [-0.4, -0.2) is 33.0 Å². The Kier molecular flexibility index (Phi) is 3.55. The highest BCUT2D eigenvalue weighted by atomic mass is 16.4. The number of carbonyl (C=O) groups is 2. The van der Waals surface area contributed by atoms with Crippen LogP contribution >= 0.6 is 0 Å². The average molecular weight is 279 g/mol. The fraction of sp³-hybridized carbons (Fsp3) is 0.333. The van der Waals surface area contributed by atoms with Crippen LogP contribution in [0.2, 0.25) is 0 Å². The zero-order valence-electron chi connectivity index (χ0n) is 10.9. The van der Waals surface area contributed by atoms with E-state index in [0.717, 1.165) is 0 Å². The normalized spacial score (nSPS) is 12.3. The minimum Gasteiger partial charge on any atom is -0.480 e. The van der Waals surface area contributed by atoms with Crippen LogP contribution in [0.15, 0.2) is 15.5 Å². The van der Waals surface area contributed by atoms with Crippen LogP contribution in [0.1, 0.15) is 29.5 Å². The van der Waals surface area contributed by atoms with Crippen molar-refractivity contribution in [2.24, 2.45) is 0 Å². The van der Waals surface area contributed by atoms with E-state index in [9.17, 15) is 14.4 Å². The van der Waals surface area contributed by atoms with Gasteiger partial charge in [-0.05, 0) is 13.3 Å². The molecule has 1 amide bonds. The van der Waals surface area contributed by atoms with E-state index >= 15 is 0 Å². The number of aromatic amines is 1. The molecule has 2 rings (SSSR count). The quantitative estimate of drug-likeness (QED) is 0.744. The zero-order chi connectivity index (χ0) is 14.9. The molecule has 2 heterocycles. The van der Waals surface area contributed by atoms with Crippen molar-refractivity contribution in [1.82, 2.24) is 15.3 Å². The Morgan fingerprint density at radius 1 is 1.55 bits per heavy atom. The molecule has 0 aliphatic rings. The van der Waals surface area contributed by atoms with E-state index in [0.29, 0.717) is 0 Å². The van der Waals surface area contributed by atoms with Gasteiger partial charge < -0.3 is 19.8 Å². The number of rotatable bonds is 4. The van der Waals surface area contributed by atoms with E-state index < -0.39 is 23.5 Å².